The van der Waals surface area contributed by atoms with Crippen LogP contribution in [0.4, 0.5) is 4.39 Å². The predicted molar refractivity (Wildman–Crippen MR) is 98.7 cm³/mol. The second-order valence-corrected chi connectivity index (χ2v) is 6.61. The molecule has 1 amide bonds. The summed E-state index contributed by atoms with van der Waals surface area (Å²) in [5.74, 6) is -1.43. The van der Waals surface area contributed by atoms with Crippen molar-refractivity contribution in [1.82, 2.24) is 5.32 Å². The number of benzene rings is 2. The van der Waals surface area contributed by atoms with Gasteiger partial charge in [0, 0.05) is 15.6 Å². The van der Waals surface area contributed by atoms with Gasteiger partial charge in [-0.25, -0.2) is 4.39 Å². The molecule has 26 heavy (non-hydrogen) atoms. The van der Waals surface area contributed by atoms with E-state index < -0.39 is 18.0 Å². The molecule has 0 saturated heterocycles. The molecule has 0 bridgehead atoms. The van der Waals surface area contributed by atoms with Crippen LogP contribution in [-0.2, 0) is 20.7 Å². The maximum Gasteiger partial charge on any atom is 0.311 e. The van der Waals surface area contributed by atoms with Crippen LogP contribution in [0.25, 0.3) is 0 Å². The normalized spacial score (nSPS) is 13.0. The molecule has 0 heterocycles. The van der Waals surface area contributed by atoms with Crippen molar-refractivity contribution in [2.24, 2.45) is 0 Å². The Kier molecular flexibility index (Phi) is 7.00. The van der Waals surface area contributed by atoms with Crippen LogP contribution in [0, 0.1) is 5.82 Å². The van der Waals surface area contributed by atoms with Gasteiger partial charge in [-0.05, 0) is 43.7 Å². The van der Waals surface area contributed by atoms with E-state index in [2.05, 4.69) is 5.32 Å². The molecule has 0 spiro atoms. The third-order valence-electron chi connectivity index (χ3n) is 3.79. The second kappa shape index (κ2) is 9.01. The maximum absolute atomic E-state index is 13.0. The van der Waals surface area contributed by atoms with Gasteiger partial charge in [-0.2, -0.15) is 0 Å². The highest BCUT2D eigenvalue weighted by Crippen LogP contribution is 2.25. The van der Waals surface area contributed by atoms with Crippen molar-refractivity contribution < 1.29 is 18.7 Å². The number of amides is 1. The Morgan fingerprint density at radius 1 is 1.08 bits per heavy atom. The lowest BCUT2D eigenvalue weighted by atomic mass is 10.1. The summed E-state index contributed by atoms with van der Waals surface area (Å²) in [6, 6.07) is 10.3. The van der Waals surface area contributed by atoms with Gasteiger partial charge in [0.2, 0.25) is 0 Å². The average Bonchev–Trinajstić information content (AvgIpc) is 2.58. The molecule has 2 atom stereocenters. The van der Waals surface area contributed by atoms with Crippen LogP contribution < -0.4 is 5.32 Å². The molecule has 0 aromatic heterocycles. The fourth-order valence-electron chi connectivity index (χ4n) is 2.30. The van der Waals surface area contributed by atoms with Gasteiger partial charge in [0.15, 0.2) is 6.10 Å². The first kappa shape index (κ1) is 20.2. The van der Waals surface area contributed by atoms with Crippen LogP contribution >= 0.6 is 23.2 Å². The number of carbonyl (C=O) groups is 2. The molecule has 0 radical (unpaired) electrons. The highest BCUT2D eigenvalue weighted by Gasteiger charge is 2.21. The van der Waals surface area contributed by atoms with Crippen molar-refractivity contribution in [2.75, 3.05) is 0 Å². The van der Waals surface area contributed by atoms with Gasteiger partial charge < -0.3 is 10.1 Å². The number of rotatable bonds is 6. The zero-order chi connectivity index (χ0) is 19.3. The fraction of sp³-hybridized carbons (Fsp3) is 0.263. The quantitative estimate of drug-likeness (QED) is 0.730. The first-order chi connectivity index (χ1) is 12.3. The molecular weight excluding hydrogens is 380 g/mol. The minimum Gasteiger partial charge on any atom is -0.452 e. The Hall–Kier alpha value is -2.11. The van der Waals surface area contributed by atoms with E-state index in [1.807, 2.05) is 0 Å². The zero-order valence-corrected chi connectivity index (χ0v) is 15.8. The Labute approximate surface area is 161 Å². The summed E-state index contributed by atoms with van der Waals surface area (Å²) in [6.45, 7) is 3.22. The molecule has 0 fully saturated rings. The van der Waals surface area contributed by atoms with Crippen LogP contribution in [0.2, 0.25) is 10.0 Å². The molecule has 0 aliphatic rings. The molecule has 1 N–H and O–H groups in total. The lowest BCUT2D eigenvalue weighted by Gasteiger charge is -2.18. The first-order valence-corrected chi connectivity index (χ1v) is 8.71. The lowest BCUT2D eigenvalue weighted by Crippen LogP contribution is -2.37. The molecule has 2 aromatic carbocycles. The topological polar surface area (TPSA) is 55.4 Å². The predicted octanol–water partition coefficient (Wildman–Crippen LogP) is 4.48. The highest BCUT2D eigenvalue weighted by atomic mass is 35.5. The molecule has 4 nitrogen and oxygen atoms in total. The Bertz CT molecular complexity index is 776. The Balaban J connectivity index is 1.91. The number of carbonyl (C=O) groups excluding carboxylic acids is 2. The molecule has 0 saturated carbocycles. The largest absolute Gasteiger partial charge is 0.452 e. The molecule has 2 rings (SSSR count). The third-order valence-corrected chi connectivity index (χ3v) is 4.50. The molecule has 7 heteroatoms. The number of nitrogens with one attached hydrogen (secondary N) is 1. The monoisotopic (exact) mass is 397 g/mol. The molecule has 2 unspecified atom stereocenters. The molecule has 138 valence electrons. The number of hydrogen-bond acceptors (Lipinski definition) is 3. The van der Waals surface area contributed by atoms with Gasteiger partial charge >= 0.3 is 5.97 Å². The smallest absolute Gasteiger partial charge is 0.311 e. The van der Waals surface area contributed by atoms with Gasteiger partial charge in [0.05, 0.1) is 12.5 Å². The summed E-state index contributed by atoms with van der Waals surface area (Å²) in [5, 5.41) is 3.43. The van der Waals surface area contributed by atoms with E-state index in [9.17, 15) is 14.0 Å². The first-order valence-electron chi connectivity index (χ1n) is 7.96. The van der Waals surface area contributed by atoms with Gasteiger partial charge in [0.1, 0.15) is 5.82 Å². The molecule has 0 aliphatic heterocycles. The van der Waals surface area contributed by atoms with Crippen molar-refractivity contribution in [2.45, 2.75) is 32.4 Å². The third kappa shape index (κ3) is 5.44. The number of hydrogen-bond donors (Lipinski definition) is 1. The second-order valence-electron chi connectivity index (χ2n) is 5.79. The maximum atomic E-state index is 13.0. The van der Waals surface area contributed by atoms with Gasteiger partial charge in [0.25, 0.3) is 5.91 Å². The Morgan fingerprint density at radius 3 is 2.23 bits per heavy atom. The molecule has 2 aromatic rings. The van der Waals surface area contributed by atoms with Crippen molar-refractivity contribution in [3.63, 3.8) is 0 Å². The van der Waals surface area contributed by atoms with Crippen LogP contribution in [-0.4, -0.2) is 18.0 Å². The van der Waals surface area contributed by atoms with Crippen molar-refractivity contribution in [3.05, 3.63) is 69.5 Å². The van der Waals surface area contributed by atoms with Gasteiger partial charge in [-0.15, -0.1) is 0 Å². The van der Waals surface area contributed by atoms with E-state index in [-0.39, 0.29) is 18.3 Å². The number of ether oxygens (including phenoxy) is 1. The standard InChI is InChI=1S/C19H18Cl2FNO3/c1-11(13-6-8-14(22)9-7-13)23-19(25)12(2)26-18(24)10-15-16(20)4-3-5-17(15)21/h3-9,11-12H,10H2,1-2H3,(H,23,25). The fourth-order valence-corrected chi connectivity index (χ4v) is 2.83. The van der Waals surface area contributed by atoms with E-state index >= 15 is 0 Å². The van der Waals surface area contributed by atoms with Gasteiger partial charge in [-0.3, -0.25) is 9.59 Å². The zero-order valence-electron chi connectivity index (χ0n) is 14.3. The summed E-state index contributed by atoms with van der Waals surface area (Å²) < 4.78 is 18.1. The number of halogens is 3. The van der Waals surface area contributed by atoms with Crippen LogP contribution in [0.5, 0.6) is 0 Å². The van der Waals surface area contributed by atoms with E-state index in [1.54, 1.807) is 37.3 Å². The summed E-state index contributed by atoms with van der Waals surface area (Å²) in [7, 11) is 0. The molecular formula is C19H18Cl2FNO3. The summed E-state index contributed by atoms with van der Waals surface area (Å²) in [5.41, 5.74) is 1.19. The van der Waals surface area contributed by atoms with Crippen LogP contribution in [0.15, 0.2) is 42.5 Å². The van der Waals surface area contributed by atoms with E-state index in [0.29, 0.717) is 15.6 Å². The lowest BCUT2D eigenvalue weighted by molar-refractivity contribution is -0.154. The van der Waals surface area contributed by atoms with Crippen LogP contribution in [0.1, 0.15) is 31.0 Å². The van der Waals surface area contributed by atoms with E-state index in [0.717, 1.165) is 5.56 Å². The minimum absolute atomic E-state index is 0.135. The Morgan fingerprint density at radius 2 is 1.65 bits per heavy atom. The number of esters is 1. The van der Waals surface area contributed by atoms with Crippen LogP contribution in [0.3, 0.4) is 0 Å². The highest BCUT2D eigenvalue weighted by molar-refractivity contribution is 6.36. The molecule has 0 aliphatic carbocycles. The van der Waals surface area contributed by atoms with Crippen molar-refractivity contribution >= 4 is 35.1 Å². The van der Waals surface area contributed by atoms with E-state index in [1.165, 1.54) is 19.1 Å². The minimum atomic E-state index is -0.994. The van der Waals surface area contributed by atoms with Crippen molar-refractivity contribution in [3.8, 4) is 0 Å². The SMILES string of the molecule is CC(OC(=O)Cc1c(Cl)cccc1Cl)C(=O)NC(C)c1ccc(F)cc1. The van der Waals surface area contributed by atoms with Gasteiger partial charge in [-0.1, -0.05) is 41.4 Å². The summed E-state index contributed by atoms with van der Waals surface area (Å²) >= 11 is 12.0. The average molecular weight is 398 g/mol. The van der Waals surface area contributed by atoms with E-state index in [4.69, 9.17) is 27.9 Å². The summed E-state index contributed by atoms with van der Waals surface area (Å²) in [4.78, 5) is 24.3. The summed E-state index contributed by atoms with van der Waals surface area (Å²) in [6.07, 6.45) is -1.13. The van der Waals surface area contributed by atoms with Crippen molar-refractivity contribution in [1.29, 1.82) is 0 Å².